The van der Waals surface area contributed by atoms with E-state index in [9.17, 15) is 0 Å². The van der Waals surface area contributed by atoms with E-state index in [1.165, 1.54) is 51.7 Å². The highest BCUT2D eigenvalue weighted by atomic mass is 15.2. The molecule has 1 aliphatic carbocycles. The minimum atomic E-state index is 0.406. The van der Waals surface area contributed by atoms with Crippen LogP contribution < -0.4 is 5.73 Å². The van der Waals surface area contributed by atoms with Crippen LogP contribution >= 0.6 is 0 Å². The molecule has 0 amide bonds. The van der Waals surface area contributed by atoms with E-state index in [4.69, 9.17) is 5.73 Å². The second-order valence-corrected chi connectivity index (χ2v) is 5.97. The molecule has 94 valence electrons. The van der Waals surface area contributed by atoms with Crippen molar-refractivity contribution in [1.82, 2.24) is 9.80 Å². The molecule has 2 N–H and O–H groups in total. The van der Waals surface area contributed by atoms with Gasteiger partial charge in [0.2, 0.25) is 0 Å². The highest BCUT2D eigenvalue weighted by Crippen LogP contribution is 2.38. The number of nitrogens with zero attached hydrogens (tertiary/aromatic N) is 2. The molecule has 0 aromatic heterocycles. The van der Waals surface area contributed by atoms with Crippen LogP contribution in [0.4, 0.5) is 0 Å². The Labute approximate surface area is 100.0 Å². The Morgan fingerprint density at radius 3 is 2.25 bits per heavy atom. The molecule has 0 atom stereocenters. The van der Waals surface area contributed by atoms with Gasteiger partial charge in [0, 0.05) is 18.6 Å². The third-order valence-electron chi connectivity index (χ3n) is 4.57. The van der Waals surface area contributed by atoms with Gasteiger partial charge >= 0.3 is 0 Å². The normalized spacial score (nSPS) is 27.0. The Morgan fingerprint density at radius 1 is 1.25 bits per heavy atom. The van der Waals surface area contributed by atoms with Gasteiger partial charge in [-0.25, -0.2) is 0 Å². The summed E-state index contributed by atoms with van der Waals surface area (Å²) in [5, 5.41) is 0. The number of hydrogen-bond donors (Lipinski definition) is 1. The van der Waals surface area contributed by atoms with Gasteiger partial charge in [-0.1, -0.05) is 0 Å². The monoisotopic (exact) mass is 225 g/mol. The van der Waals surface area contributed by atoms with Crippen LogP contribution in [0.15, 0.2) is 0 Å². The second-order valence-electron chi connectivity index (χ2n) is 5.97. The van der Waals surface area contributed by atoms with Crippen molar-refractivity contribution in [2.24, 2.45) is 11.7 Å². The summed E-state index contributed by atoms with van der Waals surface area (Å²) in [6, 6.07) is 0. The van der Waals surface area contributed by atoms with E-state index in [0.29, 0.717) is 5.54 Å². The zero-order chi connectivity index (χ0) is 11.6. The third-order valence-corrected chi connectivity index (χ3v) is 4.57. The van der Waals surface area contributed by atoms with Gasteiger partial charge in [0.05, 0.1) is 0 Å². The fraction of sp³-hybridized carbons (Fsp3) is 1.00. The number of hydrogen-bond acceptors (Lipinski definition) is 3. The van der Waals surface area contributed by atoms with Crippen molar-refractivity contribution in [3.05, 3.63) is 0 Å². The van der Waals surface area contributed by atoms with Crippen LogP contribution in [0, 0.1) is 5.92 Å². The summed E-state index contributed by atoms with van der Waals surface area (Å²) >= 11 is 0. The predicted octanol–water partition coefficient (Wildman–Crippen LogP) is 1.14. The molecule has 0 spiro atoms. The Kier molecular flexibility index (Phi) is 3.88. The molecule has 3 nitrogen and oxygen atoms in total. The Balaban J connectivity index is 1.80. The smallest absolute Gasteiger partial charge is 0.0331 e. The molecule has 0 unspecified atom stereocenters. The van der Waals surface area contributed by atoms with Crippen molar-refractivity contribution in [2.45, 2.75) is 37.6 Å². The number of piperidine rings is 1. The largest absolute Gasteiger partial charge is 0.329 e. The van der Waals surface area contributed by atoms with E-state index in [-0.39, 0.29) is 0 Å². The molecular weight excluding hydrogens is 198 g/mol. The van der Waals surface area contributed by atoms with Gasteiger partial charge in [0.15, 0.2) is 0 Å². The maximum atomic E-state index is 5.97. The van der Waals surface area contributed by atoms with E-state index in [1.54, 1.807) is 0 Å². The van der Waals surface area contributed by atoms with Crippen molar-refractivity contribution in [2.75, 3.05) is 40.3 Å². The first-order valence-electron chi connectivity index (χ1n) is 6.76. The van der Waals surface area contributed by atoms with Crippen LogP contribution in [0.3, 0.4) is 0 Å². The summed E-state index contributed by atoms with van der Waals surface area (Å²) < 4.78 is 0. The van der Waals surface area contributed by atoms with E-state index in [2.05, 4.69) is 23.9 Å². The molecule has 0 aromatic carbocycles. The van der Waals surface area contributed by atoms with E-state index < -0.39 is 0 Å². The van der Waals surface area contributed by atoms with Gasteiger partial charge < -0.3 is 10.6 Å². The summed E-state index contributed by atoms with van der Waals surface area (Å²) in [6.07, 6.45) is 6.78. The lowest BCUT2D eigenvalue weighted by Gasteiger charge is -2.52. The fourth-order valence-corrected chi connectivity index (χ4v) is 3.34. The maximum absolute atomic E-state index is 5.97. The molecule has 2 fully saturated rings. The SMILES string of the molecule is CN(C)CC1CCN(C2(CN)CCC2)CC1. The van der Waals surface area contributed by atoms with Crippen LogP contribution in [0.5, 0.6) is 0 Å². The van der Waals surface area contributed by atoms with Gasteiger partial charge in [-0.05, 0) is 65.2 Å². The Morgan fingerprint density at radius 2 is 1.88 bits per heavy atom. The molecular formula is C13H27N3. The minimum Gasteiger partial charge on any atom is -0.329 e. The van der Waals surface area contributed by atoms with E-state index in [0.717, 1.165) is 12.5 Å². The lowest BCUT2D eigenvalue weighted by Crippen LogP contribution is -2.60. The highest BCUT2D eigenvalue weighted by Gasteiger charge is 2.42. The summed E-state index contributed by atoms with van der Waals surface area (Å²) in [5.74, 6) is 0.904. The molecule has 1 heterocycles. The summed E-state index contributed by atoms with van der Waals surface area (Å²) in [6.45, 7) is 4.67. The van der Waals surface area contributed by atoms with Gasteiger partial charge in [-0.15, -0.1) is 0 Å². The van der Waals surface area contributed by atoms with Crippen molar-refractivity contribution >= 4 is 0 Å². The zero-order valence-corrected chi connectivity index (χ0v) is 10.9. The van der Waals surface area contributed by atoms with Crippen LogP contribution in [0.2, 0.25) is 0 Å². The molecule has 1 saturated carbocycles. The average Bonchev–Trinajstić information content (AvgIpc) is 2.19. The summed E-state index contributed by atoms with van der Waals surface area (Å²) in [5.41, 5.74) is 6.37. The van der Waals surface area contributed by atoms with Crippen molar-refractivity contribution < 1.29 is 0 Å². The molecule has 0 bridgehead atoms. The molecule has 2 rings (SSSR count). The number of rotatable bonds is 4. The lowest BCUT2D eigenvalue weighted by atomic mass is 9.74. The van der Waals surface area contributed by atoms with Crippen molar-refractivity contribution in [1.29, 1.82) is 0 Å². The fourth-order valence-electron chi connectivity index (χ4n) is 3.34. The molecule has 16 heavy (non-hydrogen) atoms. The molecule has 3 heteroatoms. The number of likely N-dealkylation sites (tertiary alicyclic amines) is 1. The number of nitrogens with two attached hydrogens (primary N) is 1. The molecule has 0 aromatic rings. The first-order valence-corrected chi connectivity index (χ1v) is 6.76. The topological polar surface area (TPSA) is 32.5 Å². The van der Waals surface area contributed by atoms with E-state index in [1.807, 2.05) is 0 Å². The van der Waals surface area contributed by atoms with Crippen LogP contribution in [0.25, 0.3) is 0 Å². The average molecular weight is 225 g/mol. The highest BCUT2D eigenvalue weighted by molar-refractivity contribution is 5.00. The van der Waals surface area contributed by atoms with Crippen LogP contribution in [0.1, 0.15) is 32.1 Å². The van der Waals surface area contributed by atoms with Gasteiger partial charge in [0.1, 0.15) is 0 Å². The first-order chi connectivity index (χ1) is 7.66. The van der Waals surface area contributed by atoms with Crippen molar-refractivity contribution in [3.63, 3.8) is 0 Å². The maximum Gasteiger partial charge on any atom is 0.0331 e. The third kappa shape index (κ3) is 2.41. The molecule has 1 saturated heterocycles. The lowest BCUT2D eigenvalue weighted by molar-refractivity contribution is -0.00425. The van der Waals surface area contributed by atoms with Gasteiger partial charge in [-0.3, -0.25) is 4.90 Å². The Hall–Kier alpha value is -0.120. The molecule has 2 aliphatic rings. The van der Waals surface area contributed by atoms with Gasteiger partial charge in [-0.2, -0.15) is 0 Å². The predicted molar refractivity (Wildman–Crippen MR) is 68.5 cm³/mol. The molecule has 0 radical (unpaired) electrons. The standard InChI is InChI=1S/C13H27N3/c1-15(2)10-12-4-8-16(9-5-12)13(11-14)6-3-7-13/h12H,3-11,14H2,1-2H3. The van der Waals surface area contributed by atoms with Crippen molar-refractivity contribution in [3.8, 4) is 0 Å². The molecule has 1 aliphatic heterocycles. The summed E-state index contributed by atoms with van der Waals surface area (Å²) in [4.78, 5) is 5.00. The van der Waals surface area contributed by atoms with Crippen LogP contribution in [-0.4, -0.2) is 55.6 Å². The summed E-state index contributed by atoms with van der Waals surface area (Å²) in [7, 11) is 4.36. The van der Waals surface area contributed by atoms with E-state index >= 15 is 0 Å². The van der Waals surface area contributed by atoms with Gasteiger partial charge in [0.25, 0.3) is 0 Å². The minimum absolute atomic E-state index is 0.406. The Bertz CT molecular complexity index is 210. The van der Waals surface area contributed by atoms with Crippen LogP contribution in [-0.2, 0) is 0 Å². The quantitative estimate of drug-likeness (QED) is 0.779. The zero-order valence-electron chi connectivity index (χ0n) is 10.9. The first kappa shape index (κ1) is 12.3. The second kappa shape index (κ2) is 5.03.